The van der Waals surface area contributed by atoms with E-state index < -0.39 is 5.60 Å². The minimum Gasteiger partial charge on any atom is -0.444 e. The third kappa shape index (κ3) is 7.83. The third-order valence-electron chi connectivity index (χ3n) is 5.61. The van der Waals surface area contributed by atoms with Crippen molar-refractivity contribution >= 4 is 6.09 Å². The molecule has 164 valence electrons. The summed E-state index contributed by atoms with van der Waals surface area (Å²) in [6.07, 6.45) is 1.87. The fourth-order valence-electron chi connectivity index (χ4n) is 3.45. The fraction of sp³-hybridized carbons (Fsp3) is 0.500. The number of carbonyl (C=O) groups is 1. The summed E-state index contributed by atoms with van der Waals surface area (Å²) in [6, 6.07) is 19.2. The first-order chi connectivity index (χ1) is 14.1. The Bertz CT molecular complexity index is 781. The smallest absolute Gasteiger partial charge is 0.407 e. The number of rotatable bonds is 9. The summed E-state index contributed by atoms with van der Waals surface area (Å²) < 4.78 is 5.27. The normalized spacial score (nSPS) is 13.7. The molecule has 1 atom stereocenters. The van der Waals surface area contributed by atoms with Crippen molar-refractivity contribution in [1.82, 2.24) is 10.2 Å². The van der Waals surface area contributed by atoms with E-state index in [1.807, 2.05) is 20.8 Å². The number of benzene rings is 2. The molecule has 0 saturated carbocycles. The van der Waals surface area contributed by atoms with E-state index in [1.54, 1.807) is 0 Å². The molecule has 4 nitrogen and oxygen atoms in total. The molecular weight excluding hydrogens is 372 g/mol. The minimum atomic E-state index is -0.479. The molecule has 4 heteroatoms. The number of hydrogen-bond acceptors (Lipinski definition) is 3. The van der Waals surface area contributed by atoms with E-state index in [2.05, 4.69) is 85.7 Å². The maximum absolute atomic E-state index is 11.8. The summed E-state index contributed by atoms with van der Waals surface area (Å²) >= 11 is 0. The van der Waals surface area contributed by atoms with Gasteiger partial charge >= 0.3 is 6.09 Å². The highest BCUT2D eigenvalue weighted by Crippen LogP contribution is 2.31. The van der Waals surface area contributed by atoms with Crippen molar-refractivity contribution in [3.8, 4) is 0 Å². The van der Waals surface area contributed by atoms with E-state index >= 15 is 0 Å². The van der Waals surface area contributed by atoms with Crippen molar-refractivity contribution in [2.45, 2.75) is 71.6 Å². The van der Waals surface area contributed by atoms with Gasteiger partial charge in [-0.2, -0.15) is 0 Å². The lowest BCUT2D eigenvalue weighted by atomic mass is 9.77. The third-order valence-corrected chi connectivity index (χ3v) is 5.61. The maximum atomic E-state index is 11.8. The number of ether oxygens (including phenoxy) is 1. The van der Waals surface area contributed by atoms with Crippen molar-refractivity contribution in [1.29, 1.82) is 0 Å². The molecule has 0 fully saturated rings. The second-order valence-electron chi connectivity index (χ2n) is 9.44. The zero-order valence-electron chi connectivity index (χ0n) is 19.5. The van der Waals surface area contributed by atoms with Gasteiger partial charge in [0.1, 0.15) is 5.60 Å². The van der Waals surface area contributed by atoms with Crippen LogP contribution in [0.3, 0.4) is 0 Å². The van der Waals surface area contributed by atoms with Gasteiger partial charge in [-0.25, -0.2) is 4.79 Å². The highest BCUT2D eigenvalue weighted by Gasteiger charge is 2.24. The van der Waals surface area contributed by atoms with E-state index in [4.69, 9.17) is 4.74 Å². The van der Waals surface area contributed by atoms with Gasteiger partial charge in [-0.15, -0.1) is 0 Å². The molecule has 2 aromatic rings. The molecule has 1 N–H and O–H groups in total. The van der Waals surface area contributed by atoms with Gasteiger partial charge in [0.25, 0.3) is 0 Å². The van der Waals surface area contributed by atoms with Crippen LogP contribution in [-0.2, 0) is 23.2 Å². The number of carbonyl (C=O) groups excluding carboxylic acids is 1. The van der Waals surface area contributed by atoms with Crippen molar-refractivity contribution in [3.63, 3.8) is 0 Å². The summed E-state index contributed by atoms with van der Waals surface area (Å²) in [5.74, 6) is 0. The lowest BCUT2D eigenvalue weighted by Gasteiger charge is -2.31. The Balaban J connectivity index is 1.83. The van der Waals surface area contributed by atoms with Crippen LogP contribution < -0.4 is 5.32 Å². The Morgan fingerprint density at radius 2 is 1.57 bits per heavy atom. The van der Waals surface area contributed by atoms with Crippen LogP contribution in [0.15, 0.2) is 54.6 Å². The largest absolute Gasteiger partial charge is 0.444 e. The average molecular weight is 411 g/mol. The molecule has 1 unspecified atom stereocenters. The monoisotopic (exact) mass is 410 g/mol. The molecule has 0 aromatic heterocycles. The van der Waals surface area contributed by atoms with Crippen molar-refractivity contribution in [2.24, 2.45) is 0 Å². The molecule has 0 heterocycles. The van der Waals surface area contributed by atoms with Crippen LogP contribution >= 0.6 is 0 Å². The van der Waals surface area contributed by atoms with Gasteiger partial charge in [-0.05, 0) is 69.3 Å². The van der Waals surface area contributed by atoms with Gasteiger partial charge in [0.15, 0.2) is 0 Å². The van der Waals surface area contributed by atoms with Crippen LogP contribution in [0, 0.1) is 0 Å². The molecule has 0 aliphatic carbocycles. The first kappa shape index (κ1) is 23.9. The van der Waals surface area contributed by atoms with Crippen molar-refractivity contribution < 1.29 is 9.53 Å². The van der Waals surface area contributed by atoms with E-state index in [0.29, 0.717) is 6.54 Å². The molecule has 2 rings (SSSR count). The molecule has 30 heavy (non-hydrogen) atoms. The number of nitrogens with zero attached hydrogens (tertiary/aromatic N) is 1. The first-order valence-corrected chi connectivity index (χ1v) is 10.9. The van der Waals surface area contributed by atoms with Crippen LogP contribution in [-0.4, -0.2) is 30.2 Å². The second kappa shape index (κ2) is 10.6. The van der Waals surface area contributed by atoms with Gasteiger partial charge in [0.2, 0.25) is 0 Å². The molecule has 0 radical (unpaired) electrons. The molecule has 0 spiro atoms. The van der Waals surface area contributed by atoms with Gasteiger partial charge < -0.3 is 15.0 Å². The summed E-state index contributed by atoms with van der Waals surface area (Å²) in [4.78, 5) is 14.2. The quantitative estimate of drug-likeness (QED) is 0.559. The Labute approximate surface area is 182 Å². The molecule has 0 aliphatic rings. The number of alkyl carbamates (subject to hydrolysis) is 1. The number of amides is 1. The summed E-state index contributed by atoms with van der Waals surface area (Å²) in [7, 11) is 2.18. The topological polar surface area (TPSA) is 41.6 Å². The second-order valence-corrected chi connectivity index (χ2v) is 9.44. The van der Waals surface area contributed by atoms with Crippen LogP contribution in [0.1, 0.15) is 64.2 Å². The lowest BCUT2D eigenvalue weighted by Crippen LogP contribution is -2.32. The average Bonchev–Trinajstić information content (AvgIpc) is 2.71. The SMILES string of the molecule is CCC(C)(CCN(C)Cc1ccc(CNC(=O)OC(C)(C)C)cc1)c1ccccc1. The van der Waals surface area contributed by atoms with E-state index in [9.17, 15) is 4.79 Å². The predicted molar refractivity (Wildman–Crippen MR) is 125 cm³/mol. The summed E-state index contributed by atoms with van der Waals surface area (Å²) in [6.45, 7) is 12.6. The molecule has 0 aliphatic heterocycles. The van der Waals surface area contributed by atoms with Crippen molar-refractivity contribution in [3.05, 3.63) is 71.3 Å². The molecule has 0 saturated heterocycles. The Kier molecular flexibility index (Phi) is 8.48. The number of nitrogens with one attached hydrogen (secondary N) is 1. The van der Waals surface area contributed by atoms with Crippen LogP contribution in [0.4, 0.5) is 4.79 Å². The van der Waals surface area contributed by atoms with Crippen LogP contribution in [0.5, 0.6) is 0 Å². The first-order valence-electron chi connectivity index (χ1n) is 10.9. The van der Waals surface area contributed by atoms with Gasteiger partial charge in [0, 0.05) is 13.1 Å². The zero-order chi connectivity index (χ0) is 22.2. The van der Waals surface area contributed by atoms with E-state index in [-0.39, 0.29) is 11.5 Å². The Morgan fingerprint density at radius 3 is 2.13 bits per heavy atom. The molecule has 2 aromatic carbocycles. The van der Waals surface area contributed by atoms with Gasteiger partial charge in [-0.3, -0.25) is 0 Å². The minimum absolute atomic E-state index is 0.201. The van der Waals surface area contributed by atoms with Crippen molar-refractivity contribution in [2.75, 3.05) is 13.6 Å². The highest BCUT2D eigenvalue weighted by molar-refractivity contribution is 5.67. The highest BCUT2D eigenvalue weighted by atomic mass is 16.6. The molecule has 1 amide bonds. The summed E-state index contributed by atoms with van der Waals surface area (Å²) in [5, 5.41) is 2.80. The van der Waals surface area contributed by atoms with Gasteiger partial charge in [-0.1, -0.05) is 68.4 Å². The fourth-order valence-corrected chi connectivity index (χ4v) is 3.45. The Morgan fingerprint density at radius 1 is 0.967 bits per heavy atom. The lowest BCUT2D eigenvalue weighted by molar-refractivity contribution is 0.0523. The number of hydrogen-bond donors (Lipinski definition) is 1. The van der Waals surface area contributed by atoms with E-state index in [1.165, 1.54) is 11.1 Å². The van der Waals surface area contributed by atoms with E-state index in [0.717, 1.165) is 31.5 Å². The predicted octanol–water partition coefficient (Wildman–Crippen LogP) is 5.90. The van der Waals surface area contributed by atoms with Gasteiger partial charge in [0.05, 0.1) is 0 Å². The maximum Gasteiger partial charge on any atom is 0.407 e. The van der Waals surface area contributed by atoms with Crippen LogP contribution in [0.25, 0.3) is 0 Å². The zero-order valence-corrected chi connectivity index (χ0v) is 19.5. The summed E-state index contributed by atoms with van der Waals surface area (Å²) in [5.41, 5.74) is 3.48. The van der Waals surface area contributed by atoms with Crippen LogP contribution in [0.2, 0.25) is 0 Å². The Hall–Kier alpha value is -2.33. The molecular formula is C26H38N2O2. The standard InChI is InChI=1S/C26H38N2O2/c1-7-26(5,23-11-9-8-10-12-23)17-18-28(6)20-22-15-13-21(14-16-22)19-27-24(29)30-25(2,3)4/h8-16H,7,17-20H2,1-6H3,(H,27,29). The molecule has 0 bridgehead atoms.